The van der Waals surface area contributed by atoms with E-state index in [2.05, 4.69) is 15.6 Å². The lowest BCUT2D eigenvalue weighted by atomic mass is 10.2. The maximum absolute atomic E-state index is 13.3. The minimum absolute atomic E-state index is 0.0249. The predicted octanol–water partition coefficient (Wildman–Crippen LogP) is 2.79. The van der Waals surface area contributed by atoms with Crippen molar-refractivity contribution in [3.8, 4) is 5.75 Å². The highest BCUT2D eigenvalue weighted by Gasteiger charge is 2.10. The summed E-state index contributed by atoms with van der Waals surface area (Å²) in [6.07, 6.45) is 4.31. The smallest absolute Gasteiger partial charge is 0.250 e. The molecular formula is C21H29FN4O2. The molecule has 1 aromatic carbocycles. The van der Waals surface area contributed by atoms with Crippen LogP contribution in [0.5, 0.6) is 5.75 Å². The Labute approximate surface area is 165 Å². The van der Waals surface area contributed by atoms with Crippen LogP contribution in [0.4, 0.5) is 4.39 Å². The molecule has 0 aliphatic rings. The third kappa shape index (κ3) is 7.42. The Morgan fingerprint density at radius 3 is 2.79 bits per heavy atom. The number of ether oxygens (including phenoxy) is 1. The van der Waals surface area contributed by atoms with E-state index < -0.39 is 0 Å². The monoisotopic (exact) mass is 388 g/mol. The summed E-state index contributed by atoms with van der Waals surface area (Å²) in [7, 11) is 1.72. The minimum atomic E-state index is -0.310. The molecule has 0 aliphatic heterocycles. The number of unbranched alkanes of at least 4 members (excludes halogenated alkanes) is 1. The van der Waals surface area contributed by atoms with Crippen LogP contribution in [-0.2, 0) is 6.54 Å². The minimum Gasteiger partial charge on any atom is -0.489 e. The van der Waals surface area contributed by atoms with Crippen LogP contribution < -0.4 is 20.9 Å². The molecule has 0 aliphatic carbocycles. The van der Waals surface area contributed by atoms with Crippen LogP contribution in [0.15, 0.2) is 58.4 Å². The number of hydrogen-bond donors (Lipinski definition) is 2. The van der Waals surface area contributed by atoms with Gasteiger partial charge in [-0.05, 0) is 37.5 Å². The molecule has 6 nitrogen and oxygen atoms in total. The van der Waals surface area contributed by atoms with Crippen molar-refractivity contribution < 1.29 is 9.13 Å². The quantitative estimate of drug-likeness (QED) is 0.373. The fraction of sp³-hybridized carbons (Fsp3) is 0.429. The molecule has 7 heteroatoms. The Hall–Kier alpha value is -2.83. The van der Waals surface area contributed by atoms with Crippen molar-refractivity contribution in [3.63, 3.8) is 0 Å². The predicted molar refractivity (Wildman–Crippen MR) is 110 cm³/mol. The summed E-state index contributed by atoms with van der Waals surface area (Å²) < 4.78 is 20.8. The highest BCUT2D eigenvalue weighted by molar-refractivity contribution is 5.79. The maximum atomic E-state index is 13.3. The second-order valence-corrected chi connectivity index (χ2v) is 6.42. The molecule has 1 atom stereocenters. The summed E-state index contributed by atoms with van der Waals surface area (Å²) in [4.78, 5) is 15.9. The zero-order chi connectivity index (χ0) is 20.2. The lowest BCUT2D eigenvalue weighted by molar-refractivity contribution is 0.199. The third-order valence-corrected chi connectivity index (χ3v) is 4.29. The topological polar surface area (TPSA) is 67.7 Å². The van der Waals surface area contributed by atoms with E-state index in [9.17, 15) is 9.18 Å². The number of nitrogens with one attached hydrogen (secondary N) is 2. The first-order chi connectivity index (χ1) is 13.6. The van der Waals surface area contributed by atoms with Gasteiger partial charge >= 0.3 is 0 Å². The molecule has 1 aromatic heterocycles. The van der Waals surface area contributed by atoms with Crippen molar-refractivity contribution in [1.29, 1.82) is 0 Å². The van der Waals surface area contributed by atoms with Gasteiger partial charge in [-0.2, -0.15) is 0 Å². The first-order valence-electron chi connectivity index (χ1n) is 9.64. The molecule has 0 fully saturated rings. The van der Waals surface area contributed by atoms with Gasteiger partial charge in [0, 0.05) is 38.5 Å². The van der Waals surface area contributed by atoms with Gasteiger partial charge in [-0.25, -0.2) is 4.39 Å². The van der Waals surface area contributed by atoms with Crippen molar-refractivity contribution in [2.75, 3.05) is 20.1 Å². The van der Waals surface area contributed by atoms with E-state index in [1.54, 1.807) is 42.1 Å². The summed E-state index contributed by atoms with van der Waals surface area (Å²) >= 11 is 0. The number of rotatable bonds is 10. The molecule has 152 valence electrons. The average molecular weight is 388 g/mol. The standard InChI is InChI=1S/C21H29FN4O2/c1-3-18(28-19-10-8-9-17(22)15-19)16-25-21(23-2)24-12-5-7-14-26-13-6-4-11-20(26)27/h4,6,8-11,13,15,18H,3,5,7,12,14,16H2,1-2H3,(H2,23,24,25). The maximum Gasteiger partial charge on any atom is 0.250 e. The molecule has 0 bridgehead atoms. The van der Waals surface area contributed by atoms with Gasteiger partial charge in [-0.15, -0.1) is 0 Å². The third-order valence-electron chi connectivity index (χ3n) is 4.29. The van der Waals surface area contributed by atoms with Gasteiger partial charge in [0.25, 0.3) is 0 Å². The molecule has 0 amide bonds. The summed E-state index contributed by atoms with van der Waals surface area (Å²) in [6, 6.07) is 11.3. The molecule has 0 saturated carbocycles. The van der Waals surface area contributed by atoms with Crippen LogP contribution in [0.2, 0.25) is 0 Å². The van der Waals surface area contributed by atoms with E-state index in [4.69, 9.17) is 4.74 Å². The molecule has 28 heavy (non-hydrogen) atoms. The Kier molecular flexibility index (Phi) is 9.04. The van der Waals surface area contributed by atoms with Gasteiger partial charge in [0.1, 0.15) is 17.7 Å². The number of halogens is 1. The first-order valence-corrected chi connectivity index (χ1v) is 9.64. The fourth-order valence-electron chi connectivity index (χ4n) is 2.69. The van der Waals surface area contributed by atoms with E-state index in [1.807, 2.05) is 13.0 Å². The molecule has 0 saturated heterocycles. The number of benzene rings is 1. The average Bonchev–Trinajstić information content (AvgIpc) is 2.70. The molecule has 1 unspecified atom stereocenters. The Bertz CT molecular complexity index is 807. The van der Waals surface area contributed by atoms with E-state index in [-0.39, 0.29) is 17.5 Å². The van der Waals surface area contributed by atoms with Gasteiger partial charge in [0.2, 0.25) is 5.56 Å². The van der Waals surface area contributed by atoms with Gasteiger partial charge in [0.15, 0.2) is 5.96 Å². The number of aromatic nitrogens is 1. The van der Waals surface area contributed by atoms with Crippen molar-refractivity contribution in [3.05, 3.63) is 64.8 Å². The second-order valence-electron chi connectivity index (χ2n) is 6.42. The molecule has 2 aromatic rings. The highest BCUT2D eigenvalue weighted by Crippen LogP contribution is 2.14. The van der Waals surface area contributed by atoms with Crippen LogP contribution in [0.1, 0.15) is 26.2 Å². The van der Waals surface area contributed by atoms with Crippen molar-refractivity contribution in [2.45, 2.75) is 38.8 Å². The summed E-state index contributed by atoms with van der Waals surface area (Å²) in [6.45, 7) is 4.04. The molecule has 1 heterocycles. The number of aliphatic imine (C=N–C) groups is 1. The second kappa shape index (κ2) is 11.8. The summed E-state index contributed by atoms with van der Waals surface area (Å²) in [5.41, 5.74) is 0.0249. The highest BCUT2D eigenvalue weighted by atomic mass is 19.1. The molecular weight excluding hydrogens is 359 g/mol. The largest absolute Gasteiger partial charge is 0.489 e. The number of pyridine rings is 1. The number of aryl methyl sites for hydroxylation is 1. The summed E-state index contributed by atoms with van der Waals surface area (Å²) in [5, 5.41) is 6.50. The Balaban J connectivity index is 1.68. The fourth-order valence-corrected chi connectivity index (χ4v) is 2.69. The SMILES string of the molecule is CCC(CNC(=NC)NCCCCn1ccccc1=O)Oc1cccc(F)c1. The van der Waals surface area contributed by atoms with E-state index in [0.717, 1.165) is 25.8 Å². The lowest BCUT2D eigenvalue weighted by Gasteiger charge is -2.20. The van der Waals surface area contributed by atoms with E-state index >= 15 is 0 Å². The van der Waals surface area contributed by atoms with Gasteiger partial charge in [0.05, 0.1) is 6.54 Å². The van der Waals surface area contributed by atoms with E-state index in [0.29, 0.717) is 24.8 Å². The zero-order valence-electron chi connectivity index (χ0n) is 16.5. The van der Waals surface area contributed by atoms with Crippen LogP contribution in [0.3, 0.4) is 0 Å². The van der Waals surface area contributed by atoms with Gasteiger partial charge in [-0.1, -0.05) is 19.1 Å². The van der Waals surface area contributed by atoms with Gasteiger partial charge < -0.3 is 19.9 Å². The molecule has 0 spiro atoms. The number of nitrogens with zero attached hydrogens (tertiary/aromatic N) is 2. The van der Waals surface area contributed by atoms with Crippen LogP contribution in [-0.4, -0.2) is 36.8 Å². The lowest BCUT2D eigenvalue weighted by Crippen LogP contribution is -2.42. The van der Waals surface area contributed by atoms with Crippen molar-refractivity contribution in [2.24, 2.45) is 4.99 Å². The molecule has 2 N–H and O–H groups in total. The molecule has 0 radical (unpaired) electrons. The Morgan fingerprint density at radius 1 is 1.21 bits per heavy atom. The zero-order valence-corrected chi connectivity index (χ0v) is 16.5. The van der Waals surface area contributed by atoms with Crippen LogP contribution in [0, 0.1) is 5.82 Å². The Morgan fingerprint density at radius 2 is 2.07 bits per heavy atom. The number of hydrogen-bond acceptors (Lipinski definition) is 3. The van der Waals surface area contributed by atoms with Crippen molar-refractivity contribution >= 4 is 5.96 Å². The van der Waals surface area contributed by atoms with Gasteiger partial charge in [-0.3, -0.25) is 9.79 Å². The summed E-state index contributed by atoms with van der Waals surface area (Å²) in [5.74, 6) is 0.904. The van der Waals surface area contributed by atoms with Crippen LogP contribution in [0.25, 0.3) is 0 Å². The molecule has 2 rings (SSSR count). The van der Waals surface area contributed by atoms with Crippen molar-refractivity contribution in [1.82, 2.24) is 15.2 Å². The normalized spacial score (nSPS) is 12.5. The van der Waals surface area contributed by atoms with E-state index in [1.165, 1.54) is 12.1 Å². The number of guanidine groups is 1. The first kappa shape index (κ1) is 21.5. The van der Waals surface area contributed by atoms with Crippen LogP contribution >= 0.6 is 0 Å².